The van der Waals surface area contributed by atoms with E-state index in [1.165, 1.54) is 16.8 Å². The highest BCUT2D eigenvalue weighted by atomic mass is 16.5. The van der Waals surface area contributed by atoms with Crippen molar-refractivity contribution in [2.75, 3.05) is 11.9 Å². The van der Waals surface area contributed by atoms with Gasteiger partial charge in [-0.3, -0.25) is 0 Å². The third-order valence-electron chi connectivity index (χ3n) is 5.25. The number of aliphatic imine (C=N–C) groups is 1. The Balaban J connectivity index is 1.98. The van der Waals surface area contributed by atoms with Crippen LogP contribution in [0.5, 0.6) is 0 Å². The standard InChI is InChI=1S/C25H34N2O/c1-16(2)14-19-15-28-25(26-19)22-10-7-8-13-23(22)27-24-20(17(3)4)11-9-12-21(24)18(5)6/h7-13,16-19,27H,14-15H2,1-6H3/t19-/m1/s1. The molecular weight excluding hydrogens is 344 g/mol. The predicted octanol–water partition coefficient (Wildman–Crippen LogP) is 6.87. The number of hydrogen-bond donors (Lipinski definition) is 1. The molecule has 1 N–H and O–H groups in total. The Morgan fingerprint density at radius 3 is 2.18 bits per heavy atom. The van der Waals surface area contributed by atoms with Crippen LogP contribution in [0.1, 0.15) is 76.5 Å². The molecule has 3 nitrogen and oxygen atoms in total. The topological polar surface area (TPSA) is 33.6 Å². The van der Waals surface area contributed by atoms with Crippen LogP contribution in [0.25, 0.3) is 0 Å². The normalized spacial score (nSPS) is 16.6. The first kappa shape index (κ1) is 20.4. The molecule has 1 aliphatic rings. The van der Waals surface area contributed by atoms with Gasteiger partial charge in [-0.05, 0) is 47.4 Å². The smallest absolute Gasteiger partial charge is 0.218 e. The Morgan fingerprint density at radius 1 is 0.929 bits per heavy atom. The van der Waals surface area contributed by atoms with E-state index in [0.717, 1.165) is 23.6 Å². The Kier molecular flexibility index (Phi) is 6.43. The quantitative estimate of drug-likeness (QED) is 0.570. The monoisotopic (exact) mass is 378 g/mol. The van der Waals surface area contributed by atoms with Crippen LogP contribution in [0.15, 0.2) is 47.5 Å². The van der Waals surface area contributed by atoms with Crippen molar-refractivity contribution in [3.8, 4) is 0 Å². The summed E-state index contributed by atoms with van der Waals surface area (Å²) in [7, 11) is 0. The van der Waals surface area contributed by atoms with Crippen LogP contribution in [-0.2, 0) is 4.74 Å². The number of para-hydroxylation sites is 2. The maximum atomic E-state index is 6.00. The van der Waals surface area contributed by atoms with Gasteiger partial charge < -0.3 is 10.1 Å². The summed E-state index contributed by atoms with van der Waals surface area (Å²) >= 11 is 0. The molecule has 0 bridgehead atoms. The second-order valence-electron chi connectivity index (χ2n) is 8.82. The van der Waals surface area contributed by atoms with E-state index in [-0.39, 0.29) is 6.04 Å². The molecule has 0 unspecified atom stereocenters. The van der Waals surface area contributed by atoms with Crippen LogP contribution in [0, 0.1) is 5.92 Å². The van der Waals surface area contributed by atoms with E-state index >= 15 is 0 Å². The zero-order valence-corrected chi connectivity index (χ0v) is 18.1. The summed E-state index contributed by atoms with van der Waals surface area (Å²) in [6.07, 6.45) is 1.06. The number of benzene rings is 2. The van der Waals surface area contributed by atoms with Gasteiger partial charge in [-0.1, -0.05) is 71.9 Å². The molecule has 0 spiro atoms. The first-order valence-corrected chi connectivity index (χ1v) is 10.6. The Hall–Kier alpha value is -2.29. The largest absolute Gasteiger partial charge is 0.475 e. The van der Waals surface area contributed by atoms with Gasteiger partial charge in [0.2, 0.25) is 5.90 Å². The highest BCUT2D eigenvalue weighted by molar-refractivity contribution is 6.01. The molecule has 1 atom stereocenters. The molecule has 28 heavy (non-hydrogen) atoms. The number of ether oxygens (including phenoxy) is 1. The minimum atomic E-state index is 0.261. The van der Waals surface area contributed by atoms with Gasteiger partial charge in [0.05, 0.1) is 17.3 Å². The molecule has 2 aromatic rings. The SMILES string of the molecule is CC(C)C[C@@H]1COC(c2ccccc2Nc2c(C(C)C)cccc2C(C)C)=N1. The van der Waals surface area contributed by atoms with Crippen molar-refractivity contribution in [2.45, 2.75) is 65.8 Å². The van der Waals surface area contributed by atoms with Crippen LogP contribution in [0.2, 0.25) is 0 Å². The lowest BCUT2D eigenvalue weighted by Crippen LogP contribution is -2.09. The summed E-state index contributed by atoms with van der Waals surface area (Å²) < 4.78 is 6.00. The number of hydrogen-bond acceptors (Lipinski definition) is 3. The Bertz CT molecular complexity index is 810. The van der Waals surface area contributed by atoms with Gasteiger partial charge >= 0.3 is 0 Å². The molecular formula is C25H34N2O. The molecule has 0 saturated heterocycles. The van der Waals surface area contributed by atoms with Gasteiger partial charge in [0.1, 0.15) is 6.61 Å². The van der Waals surface area contributed by atoms with E-state index in [9.17, 15) is 0 Å². The van der Waals surface area contributed by atoms with Crippen LogP contribution >= 0.6 is 0 Å². The first-order chi connectivity index (χ1) is 13.4. The molecule has 3 heteroatoms. The van der Waals surface area contributed by atoms with Crippen LogP contribution in [0.4, 0.5) is 11.4 Å². The zero-order chi connectivity index (χ0) is 20.3. The molecule has 0 saturated carbocycles. The molecule has 0 radical (unpaired) electrons. The fourth-order valence-corrected chi connectivity index (χ4v) is 3.84. The van der Waals surface area contributed by atoms with Gasteiger partial charge in [0.25, 0.3) is 0 Å². The van der Waals surface area contributed by atoms with E-state index in [1.807, 2.05) is 0 Å². The van der Waals surface area contributed by atoms with Crippen molar-refractivity contribution in [1.82, 2.24) is 0 Å². The minimum absolute atomic E-state index is 0.261. The molecule has 0 aliphatic carbocycles. The second kappa shape index (κ2) is 8.81. The number of rotatable bonds is 7. The summed E-state index contributed by atoms with van der Waals surface area (Å²) in [6.45, 7) is 14.1. The van der Waals surface area contributed by atoms with E-state index < -0.39 is 0 Å². The van der Waals surface area contributed by atoms with Crippen molar-refractivity contribution < 1.29 is 4.74 Å². The second-order valence-corrected chi connectivity index (χ2v) is 8.82. The summed E-state index contributed by atoms with van der Waals surface area (Å²) in [4.78, 5) is 4.87. The highest BCUT2D eigenvalue weighted by Crippen LogP contribution is 2.35. The molecule has 0 amide bonds. The fourth-order valence-electron chi connectivity index (χ4n) is 3.84. The van der Waals surface area contributed by atoms with Crippen molar-refractivity contribution >= 4 is 17.3 Å². The predicted molar refractivity (Wildman–Crippen MR) is 120 cm³/mol. The van der Waals surface area contributed by atoms with Crippen molar-refractivity contribution in [3.63, 3.8) is 0 Å². The Morgan fingerprint density at radius 2 is 1.57 bits per heavy atom. The number of nitrogens with one attached hydrogen (secondary N) is 1. The van der Waals surface area contributed by atoms with Crippen molar-refractivity contribution in [2.24, 2.45) is 10.9 Å². The summed E-state index contributed by atoms with van der Waals surface area (Å²) in [5.41, 5.74) is 6.00. The van der Waals surface area contributed by atoms with Gasteiger partial charge in [-0.2, -0.15) is 0 Å². The summed E-state index contributed by atoms with van der Waals surface area (Å²) in [5, 5.41) is 3.74. The third kappa shape index (κ3) is 4.57. The van der Waals surface area contributed by atoms with Crippen molar-refractivity contribution in [3.05, 3.63) is 59.2 Å². The average molecular weight is 379 g/mol. The van der Waals surface area contributed by atoms with E-state index in [2.05, 4.69) is 89.3 Å². The molecule has 2 aromatic carbocycles. The first-order valence-electron chi connectivity index (χ1n) is 10.6. The van der Waals surface area contributed by atoms with E-state index in [1.54, 1.807) is 0 Å². The average Bonchev–Trinajstić information content (AvgIpc) is 3.09. The van der Waals surface area contributed by atoms with E-state index in [4.69, 9.17) is 9.73 Å². The molecule has 0 fully saturated rings. The van der Waals surface area contributed by atoms with Gasteiger partial charge in [-0.25, -0.2) is 4.99 Å². The maximum Gasteiger partial charge on any atom is 0.218 e. The molecule has 1 aliphatic heterocycles. The van der Waals surface area contributed by atoms with Gasteiger partial charge in [-0.15, -0.1) is 0 Å². The van der Waals surface area contributed by atoms with Gasteiger partial charge in [0, 0.05) is 5.69 Å². The third-order valence-corrected chi connectivity index (χ3v) is 5.25. The highest BCUT2D eigenvalue weighted by Gasteiger charge is 2.23. The molecule has 1 heterocycles. The lowest BCUT2D eigenvalue weighted by Gasteiger charge is -2.22. The zero-order valence-electron chi connectivity index (χ0n) is 18.1. The summed E-state index contributed by atoms with van der Waals surface area (Å²) in [6, 6.07) is 15.2. The molecule has 0 aromatic heterocycles. The van der Waals surface area contributed by atoms with E-state index in [0.29, 0.717) is 24.4 Å². The maximum absolute atomic E-state index is 6.00. The summed E-state index contributed by atoms with van der Waals surface area (Å²) in [5.74, 6) is 2.28. The minimum Gasteiger partial charge on any atom is -0.475 e. The lowest BCUT2D eigenvalue weighted by atomic mass is 9.92. The van der Waals surface area contributed by atoms with Crippen LogP contribution in [0.3, 0.4) is 0 Å². The van der Waals surface area contributed by atoms with Crippen molar-refractivity contribution in [1.29, 1.82) is 0 Å². The lowest BCUT2D eigenvalue weighted by molar-refractivity contribution is 0.301. The Labute approximate surface area is 170 Å². The van der Waals surface area contributed by atoms with Crippen LogP contribution in [-0.4, -0.2) is 18.5 Å². The number of nitrogens with zero attached hydrogens (tertiary/aromatic N) is 1. The van der Waals surface area contributed by atoms with Gasteiger partial charge in [0.15, 0.2) is 0 Å². The fraction of sp³-hybridized carbons (Fsp3) is 0.480. The molecule has 150 valence electrons. The number of anilines is 2. The molecule has 3 rings (SSSR count). The van der Waals surface area contributed by atoms with Crippen LogP contribution < -0.4 is 5.32 Å².